The van der Waals surface area contributed by atoms with Crippen molar-refractivity contribution in [1.29, 1.82) is 0 Å². The van der Waals surface area contributed by atoms with Gasteiger partial charge in [-0.05, 0) is 25.2 Å². The van der Waals surface area contributed by atoms with E-state index in [1.54, 1.807) is 11.9 Å². The van der Waals surface area contributed by atoms with Gasteiger partial charge >= 0.3 is 12.0 Å². The summed E-state index contributed by atoms with van der Waals surface area (Å²) in [4.78, 5) is 24.9. The van der Waals surface area contributed by atoms with Crippen LogP contribution in [0.1, 0.15) is 52.4 Å². The van der Waals surface area contributed by atoms with Crippen LogP contribution >= 0.6 is 0 Å². The predicted molar refractivity (Wildman–Crippen MR) is 74.0 cm³/mol. The Morgan fingerprint density at radius 1 is 1.26 bits per heavy atom. The van der Waals surface area contributed by atoms with Gasteiger partial charge in [0.15, 0.2) is 0 Å². The van der Waals surface area contributed by atoms with E-state index in [-0.39, 0.29) is 18.0 Å². The molecule has 0 spiro atoms. The van der Waals surface area contributed by atoms with Crippen LogP contribution < -0.4 is 5.32 Å². The summed E-state index contributed by atoms with van der Waals surface area (Å²) < 4.78 is 0. The van der Waals surface area contributed by atoms with Crippen molar-refractivity contribution in [1.82, 2.24) is 10.2 Å². The molecule has 19 heavy (non-hydrogen) atoms. The highest BCUT2D eigenvalue weighted by Crippen LogP contribution is 2.21. The van der Waals surface area contributed by atoms with Gasteiger partial charge in [0, 0.05) is 13.1 Å². The molecule has 1 fully saturated rings. The Morgan fingerprint density at radius 2 is 1.84 bits per heavy atom. The molecule has 1 aliphatic carbocycles. The molecule has 5 nitrogen and oxygen atoms in total. The minimum absolute atomic E-state index is 0.237. The summed E-state index contributed by atoms with van der Waals surface area (Å²) in [5.41, 5.74) is 0. The third kappa shape index (κ3) is 5.09. The largest absolute Gasteiger partial charge is 0.480 e. The highest BCUT2D eigenvalue weighted by Gasteiger charge is 2.26. The third-order valence-corrected chi connectivity index (χ3v) is 3.75. The number of hydrogen-bond acceptors (Lipinski definition) is 2. The summed E-state index contributed by atoms with van der Waals surface area (Å²) in [6, 6.07) is -0.805. The summed E-state index contributed by atoms with van der Waals surface area (Å²) >= 11 is 0. The van der Waals surface area contributed by atoms with Crippen LogP contribution in [0.5, 0.6) is 0 Å². The van der Waals surface area contributed by atoms with Gasteiger partial charge < -0.3 is 15.3 Å². The average Bonchev–Trinajstić information content (AvgIpc) is 2.37. The van der Waals surface area contributed by atoms with Gasteiger partial charge in [0.05, 0.1) is 0 Å². The maximum absolute atomic E-state index is 12.1. The first kappa shape index (κ1) is 15.8. The Morgan fingerprint density at radius 3 is 2.32 bits per heavy atom. The van der Waals surface area contributed by atoms with Gasteiger partial charge in [-0.1, -0.05) is 33.1 Å². The first-order valence-corrected chi connectivity index (χ1v) is 7.18. The summed E-state index contributed by atoms with van der Waals surface area (Å²) in [5, 5.41) is 11.8. The highest BCUT2D eigenvalue weighted by atomic mass is 16.4. The van der Waals surface area contributed by atoms with Crippen LogP contribution in [0.2, 0.25) is 0 Å². The standard InChI is InChI=1S/C14H26N2O3/c1-10(2)9-12(13(17)18)15-14(19)16(3)11-7-5-4-6-8-11/h10-12H,4-9H2,1-3H3,(H,15,19)(H,17,18)/t12-/m1/s1. The molecule has 1 atom stereocenters. The fraction of sp³-hybridized carbons (Fsp3) is 0.857. The molecule has 0 saturated heterocycles. The molecule has 110 valence electrons. The SMILES string of the molecule is CC(C)C[C@@H](NC(=O)N(C)C1CCCCC1)C(=O)O. The van der Waals surface area contributed by atoms with Crippen LogP contribution in [-0.2, 0) is 4.79 Å². The minimum atomic E-state index is -0.959. The Balaban J connectivity index is 2.52. The van der Waals surface area contributed by atoms with Gasteiger partial charge in [0.25, 0.3) is 0 Å². The van der Waals surface area contributed by atoms with Crippen LogP contribution in [0.25, 0.3) is 0 Å². The smallest absolute Gasteiger partial charge is 0.326 e. The van der Waals surface area contributed by atoms with Crippen LogP contribution in [0, 0.1) is 5.92 Å². The van der Waals surface area contributed by atoms with E-state index in [4.69, 9.17) is 5.11 Å². The lowest BCUT2D eigenvalue weighted by Gasteiger charge is -2.32. The fourth-order valence-electron chi connectivity index (χ4n) is 2.58. The predicted octanol–water partition coefficient (Wildman–Crippen LogP) is 2.46. The fourth-order valence-corrected chi connectivity index (χ4v) is 2.58. The zero-order valence-corrected chi connectivity index (χ0v) is 12.2. The molecule has 0 radical (unpaired) electrons. The topological polar surface area (TPSA) is 69.6 Å². The number of carboxylic acids is 1. The number of amides is 2. The van der Waals surface area contributed by atoms with Crippen molar-refractivity contribution >= 4 is 12.0 Å². The maximum Gasteiger partial charge on any atom is 0.326 e. The van der Waals surface area contributed by atoms with E-state index >= 15 is 0 Å². The van der Waals surface area contributed by atoms with Gasteiger partial charge in [-0.25, -0.2) is 9.59 Å². The second-order valence-electron chi connectivity index (χ2n) is 5.87. The lowest BCUT2D eigenvalue weighted by atomic mass is 9.95. The zero-order chi connectivity index (χ0) is 14.4. The van der Waals surface area contributed by atoms with Crippen molar-refractivity contribution in [2.45, 2.75) is 64.5 Å². The number of carboxylic acid groups (broad SMARTS) is 1. The Kier molecular flexibility index (Phi) is 6.12. The quantitative estimate of drug-likeness (QED) is 0.806. The van der Waals surface area contributed by atoms with Gasteiger partial charge in [-0.15, -0.1) is 0 Å². The molecule has 0 aliphatic heterocycles. The van der Waals surface area contributed by atoms with E-state index in [0.717, 1.165) is 25.7 Å². The molecule has 2 amide bonds. The molecule has 0 bridgehead atoms. The number of hydrogen-bond donors (Lipinski definition) is 2. The summed E-state index contributed by atoms with van der Waals surface area (Å²) in [6.45, 7) is 3.90. The number of urea groups is 1. The number of aliphatic carboxylic acids is 1. The first-order chi connectivity index (χ1) is 8.91. The molecular weight excluding hydrogens is 244 g/mol. The number of rotatable bonds is 5. The third-order valence-electron chi connectivity index (χ3n) is 3.75. The summed E-state index contributed by atoms with van der Waals surface area (Å²) in [6.07, 6.45) is 6.03. The molecule has 0 heterocycles. The number of carbonyl (C=O) groups is 2. The molecule has 2 N–H and O–H groups in total. The number of carbonyl (C=O) groups excluding carboxylic acids is 1. The van der Waals surface area contributed by atoms with E-state index in [0.29, 0.717) is 6.42 Å². The van der Waals surface area contributed by atoms with Crippen LogP contribution in [-0.4, -0.2) is 41.1 Å². The lowest BCUT2D eigenvalue weighted by molar-refractivity contribution is -0.139. The molecular formula is C14H26N2O3. The number of nitrogens with one attached hydrogen (secondary N) is 1. The van der Waals surface area contributed by atoms with Gasteiger partial charge in [-0.3, -0.25) is 0 Å². The molecule has 0 unspecified atom stereocenters. The van der Waals surface area contributed by atoms with Crippen LogP contribution in [0.3, 0.4) is 0 Å². The van der Waals surface area contributed by atoms with E-state index in [9.17, 15) is 9.59 Å². The molecule has 0 aromatic carbocycles. The summed E-state index contributed by atoms with van der Waals surface area (Å²) in [7, 11) is 1.76. The van der Waals surface area contributed by atoms with Crippen molar-refractivity contribution in [3.63, 3.8) is 0 Å². The van der Waals surface area contributed by atoms with Gasteiger partial charge in [0.1, 0.15) is 6.04 Å². The molecule has 1 rings (SSSR count). The van der Waals surface area contributed by atoms with Crippen LogP contribution in [0.4, 0.5) is 4.79 Å². The van der Waals surface area contributed by atoms with E-state index in [1.165, 1.54) is 6.42 Å². The number of nitrogens with zero attached hydrogens (tertiary/aromatic N) is 1. The molecule has 1 aliphatic rings. The van der Waals surface area contributed by atoms with E-state index < -0.39 is 12.0 Å². The normalized spacial score (nSPS) is 18.1. The first-order valence-electron chi connectivity index (χ1n) is 7.18. The molecule has 0 aromatic heterocycles. The van der Waals surface area contributed by atoms with Crippen molar-refractivity contribution < 1.29 is 14.7 Å². The van der Waals surface area contributed by atoms with Crippen molar-refractivity contribution in [2.75, 3.05) is 7.05 Å². The van der Waals surface area contributed by atoms with E-state index in [1.807, 2.05) is 13.8 Å². The van der Waals surface area contributed by atoms with Gasteiger partial charge in [0.2, 0.25) is 0 Å². The van der Waals surface area contributed by atoms with Gasteiger partial charge in [-0.2, -0.15) is 0 Å². The monoisotopic (exact) mass is 270 g/mol. The molecule has 0 aromatic rings. The Hall–Kier alpha value is -1.26. The second kappa shape index (κ2) is 7.36. The van der Waals surface area contributed by atoms with Crippen molar-refractivity contribution in [3.8, 4) is 0 Å². The average molecular weight is 270 g/mol. The van der Waals surface area contributed by atoms with Crippen molar-refractivity contribution in [3.05, 3.63) is 0 Å². The molecule has 5 heteroatoms. The van der Waals surface area contributed by atoms with Crippen molar-refractivity contribution in [2.24, 2.45) is 5.92 Å². The Labute approximate surface area is 115 Å². The van der Waals surface area contributed by atoms with Crippen LogP contribution in [0.15, 0.2) is 0 Å². The summed E-state index contributed by atoms with van der Waals surface area (Å²) in [5.74, 6) is -0.722. The zero-order valence-electron chi connectivity index (χ0n) is 12.2. The maximum atomic E-state index is 12.1. The minimum Gasteiger partial charge on any atom is -0.480 e. The lowest BCUT2D eigenvalue weighted by Crippen LogP contribution is -2.50. The Bertz CT molecular complexity index is 312. The van der Waals surface area contributed by atoms with E-state index in [2.05, 4.69) is 5.32 Å². The highest BCUT2D eigenvalue weighted by molar-refractivity contribution is 5.82. The second-order valence-corrected chi connectivity index (χ2v) is 5.87. The molecule has 1 saturated carbocycles.